The first kappa shape index (κ1) is 19.2. The molecule has 0 aromatic rings. The standard InChI is InChI=1S/C16H25N3O6/c1-9(18(4)15(23)24)13(21)17-10-5-6-25-12-7-16(2,3)11(8-20)19(12)14(10)22/h8-12H,5-7H2,1-4H3,(H,17,21)(H,23,24)/t9-,10-,11+,12-/m0/s1. The van der Waals surface area contributed by atoms with Gasteiger partial charge in [-0.05, 0) is 18.8 Å². The molecule has 2 rings (SSSR count). The lowest BCUT2D eigenvalue weighted by molar-refractivity contribution is -0.146. The molecule has 9 heteroatoms. The van der Waals surface area contributed by atoms with Gasteiger partial charge in [-0.15, -0.1) is 0 Å². The Labute approximate surface area is 146 Å². The number of hydrogen-bond acceptors (Lipinski definition) is 5. The first-order valence-corrected chi connectivity index (χ1v) is 8.25. The Kier molecular flexibility index (Phi) is 5.36. The van der Waals surface area contributed by atoms with Gasteiger partial charge in [0.05, 0.1) is 12.6 Å². The molecule has 3 amide bonds. The fourth-order valence-corrected chi connectivity index (χ4v) is 3.29. The third kappa shape index (κ3) is 3.60. The maximum Gasteiger partial charge on any atom is 0.407 e. The van der Waals surface area contributed by atoms with E-state index in [2.05, 4.69) is 5.32 Å². The van der Waals surface area contributed by atoms with Gasteiger partial charge in [-0.1, -0.05) is 13.8 Å². The lowest BCUT2D eigenvalue weighted by Gasteiger charge is -2.31. The first-order chi connectivity index (χ1) is 11.6. The number of rotatable bonds is 4. The van der Waals surface area contributed by atoms with Crippen molar-refractivity contribution in [2.24, 2.45) is 5.41 Å². The number of nitrogens with one attached hydrogen (secondary N) is 1. The molecule has 4 atom stereocenters. The van der Waals surface area contributed by atoms with Crippen molar-refractivity contribution in [3.05, 3.63) is 0 Å². The normalized spacial score (nSPS) is 29.4. The number of carbonyl (C=O) groups is 4. The zero-order valence-electron chi connectivity index (χ0n) is 14.9. The fourth-order valence-electron chi connectivity index (χ4n) is 3.29. The maximum absolute atomic E-state index is 12.9. The third-order valence-corrected chi connectivity index (χ3v) is 5.09. The highest BCUT2D eigenvalue weighted by molar-refractivity contribution is 5.92. The summed E-state index contributed by atoms with van der Waals surface area (Å²) >= 11 is 0. The Hall–Kier alpha value is -2.16. The maximum atomic E-state index is 12.9. The van der Waals surface area contributed by atoms with E-state index in [0.29, 0.717) is 6.42 Å². The first-order valence-electron chi connectivity index (χ1n) is 8.25. The molecule has 25 heavy (non-hydrogen) atoms. The molecule has 2 aliphatic rings. The summed E-state index contributed by atoms with van der Waals surface area (Å²) in [6.07, 6.45) is -0.167. The van der Waals surface area contributed by atoms with Crippen LogP contribution in [0.15, 0.2) is 0 Å². The van der Waals surface area contributed by atoms with Crippen LogP contribution in [0.25, 0.3) is 0 Å². The number of fused-ring (bicyclic) bond motifs is 1. The summed E-state index contributed by atoms with van der Waals surface area (Å²) in [6.45, 7) is 5.50. The second kappa shape index (κ2) is 6.99. The zero-order valence-corrected chi connectivity index (χ0v) is 14.9. The fraction of sp³-hybridized carbons (Fsp3) is 0.750. The molecule has 0 saturated carbocycles. The molecule has 0 bridgehead atoms. The molecule has 0 spiro atoms. The van der Waals surface area contributed by atoms with Gasteiger partial charge in [0.15, 0.2) is 0 Å². The second-order valence-corrected chi connectivity index (χ2v) is 7.26. The van der Waals surface area contributed by atoms with Gasteiger partial charge in [0, 0.05) is 13.5 Å². The zero-order chi connectivity index (χ0) is 18.9. The van der Waals surface area contributed by atoms with Crippen LogP contribution in [0.2, 0.25) is 0 Å². The Balaban J connectivity index is 2.15. The number of carboxylic acid groups (broad SMARTS) is 1. The molecule has 0 aromatic carbocycles. The average Bonchev–Trinajstić information content (AvgIpc) is 2.72. The van der Waals surface area contributed by atoms with Crippen molar-refractivity contribution in [3.8, 4) is 0 Å². The molecule has 9 nitrogen and oxygen atoms in total. The van der Waals surface area contributed by atoms with Crippen LogP contribution in [-0.4, -0.2) is 77.1 Å². The summed E-state index contributed by atoms with van der Waals surface area (Å²) in [5.41, 5.74) is -0.412. The van der Waals surface area contributed by atoms with E-state index in [-0.39, 0.29) is 18.9 Å². The summed E-state index contributed by atoms with van der Waals surface area (Å²) in [7, 11) is 1.28. The highest BCUT2D eigenvalue weighted by atomic mass is 16.5. The molecule has 0 unspecified atom stereocenters. The molecule has 0 aromatic heterocycles. The van der Waals surface area contributed by atoms with E-state index < -0.39 is 41.8 Å². The molecule has 2 aliphatic heterocycles. The van der Waals surface area contributed by atoms with Crippen molar-refractivity contribution >= 4 is 24.2 Å². The molecule has 0 radical (unpaired) electrons. The van der Waals surface area contributed by atoms with Gasteiger partial charge < -0.3 is 24.9 Å². The van der Waals surface area contributed by atoms with Crippen molar-refractivity contribution in [3.63, 3.8) is 0 Å². The Morgan fingerprint density at radius 3 is 2.68 bits per heavy atom. The smallest absolute Gasteiger partial charge is 0.407 e. The minimum absolute atomic E-state index is 0.267. The summed E-state index contributed by atoms with van der Waals surface area (Å²) in [5.74, 6) is -0.938. The van der Waals surface area contributed by atoms with E-state index in [0.717, 1.165) is 11.2 Å². The van der Waals surface area contributed by atoms with E-state index in [4.69, 9.17) is 9.84 Å². The number of amides is 3. The van der Waals surface area contributed by atoms with Crippen LogP contribution in [0.1, 0.15) is 33.6 Å². The lowest BCUT2D eigenvalue weighted by Crippen LogP contribution is -2.55. The highest BCUT2D eigenvalue weighted by Crippen LogP contribution is 2.41. The van der Waals surface area contributed by atoms with Crippen LogP contribution >= 0.6 is 0 Å². The average molecular weight is 355 g/mol. The van der Waals surface area contributed by atoms with E-state index in [1.807, 2.05) is 13.8 Å². The minimum Gasteiger partial charge on any atom is -0.465 e. The van der Waals surface area contributed by atoms with Gasteiger partial charge in [0.1, 0.15) is 24.6 Å². The van der Waals surface area contributed by atoms with Crippen LogP contribution in [0.5, 0.6) is 0 Å². The summed E-state index contributed by atoms with van der Waals surface area (Å²) in [5, 5.41) is 11.6. The molecular weight excluding hydrogens is 330 g/mol. The summed E-state index contributed by atoms with van der Waals surface area (Å²) in [4.78, 5) is 50.0. The van der Waals surface area contributed by atoms with Crippen LogP contribution in [0.3, 0.4) is 0 Å². The Bertz CT molecular complexity index is 578. The van der Waals surface area contributed by atoms with Crippen LogP contribution in [0.4, 0.5) is 4.79 Å². The van der Waals surface area contributed by atoms with Crippen LogP contribution in [-0.2, 0) is 19.1 Å². The van der Waals surface area contributed by atoms with Crippen molar-refractivity contribution in [2.45, 2.75) is 58.0 Å². The number of aldehydes is 1. The third-order valence-electron chi connectivity index (χ3n) is 5.09. The van der Waals surface area contributed by atoms with Gasteiger partial charge in [-0.2, -0.15) is 0 Å². The van der Waals surface area contributed by atoms with E-state index >= 15 is 0 Å². The molecule has 2 heterocycles. The van der Waals surface area contributed by atoms with Gasteiger partial charge in [-0.3, -0.25) is 14.5 Å². The molecular formula is C16H25N3O6. The monoisotopic (exact) mass is 355 g/mol. The van der Waals surface area contributed by atoms with Gasteiger partial charge in [0.2, 0.25) is 11.8 Å². The van der Waals surface area contributed by atoms with Crippen molar-refractivity contribution in [1.29, 1.82) is 0 Å². The quantitative estimate of drug-likeness (QED) is 0.688. The summed E-state index contributed by atoms with van der Waals surface area (Å²) in [6, 6.07) is -2.41. The largest absolute Gasteiger partial charge is 0.465 e. The van der Waals surface area contributed by atoms with E-state index in [1.54, 1.807) is 0 Å². The van der Waals surface area contributed by atoms with E-state index in [1.165, 1.54) is 18.9 Å². The molecule has 2 saturated heterocycles. The van der Waals surface area contributed by atoms with Crippen molar-refractivity contribution in [2.75, 3.05) is 13.7 Å². The van der Waals surface area contributed by atoms with Gasteiger partial charge >= 0.3 is 6.09 Å². The van der Waals surface area contributed by atoms with Crippen LogP contribution < -0.4 is 5.32 Å². The predicted octanol–water partition coefficient (Wildman–Crippen LogP) is 0.0419. The molecule has 140 valence electrons. The topological polar surface area (TPSA) is 116 Å². The van der Waals surface area contributed by atoms with Gasteiger partial charge in [-0.25, -0.2) is 4.79 Å². The Morgan fingerprint density at radius 1 is 1.48 bits per heavy atom. The molecule has 0 aliphatic carbocycles. The van der Waals surface area contributed by atoms with Crippen molar-refractivity contribution in [1.82, 2.24) is 15.1 Å². The summed E-state index contributed by atoms with van der Waals surface area (Å²) < 4.78 is 5.71. The minimum atomic E-state index is -1.24. The number of likely N-dealkylation sites (N-methyl/N-ethyl adjacent to an activating group) is 1. The number of carbonyl (C=O) groups excluding carboxylic acids is 3. The Morgan fingerprint density at radius 2 is 2.12 bits per heavy atom. The number of hydrogen-bond donors (Lipinski definition) is 2. The van der Waals surface area contributed by atoms with E-state index in [9.17, 15) is 19.2 Å². The lowest BCUT2D eigenvalue weighted by atomic mass is 9.85. The molecule has 2 fully saturated rings. The predicted molar refractivity (Wildman–Crippen MR) is 86.6 cm³/mol. The SMILES string of the molecule is C[C@@H](C(=O)N[C@H]1CCO[C@H]2CC(C)(C)[C@@H](C=O)N2C1=O)N(C)C(=O)O. The van der Waals surface area contributed by atoms with Crippen LogP contribution in [0, 0.1) is 5.41 Å². The van der Waals surface area contributed by atoms with Gasteiger partial charge in [0.25, 0.3) is 0 Å². The molecule has 2 N–H and O–H groups in total. The van der Waals surface area contributed by atoms with Crippen molar-refractivity contribution < 1.29 is 29.0 Å². The number of ether oxygens (including phenoxy) is 1. The number of nitrogens with zero attached hydrogens (tertiary/aromatic N) is 2. The highest BCUT2D eigenvalue weighted by Gasteiger charge is 2.51. The second-order valence-electron chi connectivity index (χ2n) is 7.26.